The number of hydrogen-bond donors (Lipinski definition) is 1. The molecular weight excluding hydrogens is 433 g/mol. The second-order valence-electron chi connectivity index (χ2n) is 10.4. The number of aromatic nitrogens is 1. The van der Waals surface area contributed by atoms with Gasteiger partial charge in [0, 0.05) is 28.2 Å². The summed E-state index contributed by atoms with van der Waals surface area (Å²) in [4.78, 5) is 32.0. The lowest BCUT2D eigenvalue weighted by atomic mass is 9.88. The number of alkyl halides is 1. The van der Waals surface area contributed by atoms with Gasteiger partial charge in [-0.05, 0) is 63.3 Å². The standard InChI is InChI=1S/C24H31ClFN3O3/c1-14(2)10-19-20-16(17-11-15(25)6-7-18(17)27-20)8-9-29(19)21(30)24(26)12-28(13-24)22(31)32-23(3,4)5/h6-7,11,14,19,27H,8-10,12-13H2,1-5H3. The van der Waals surface area contributed by atoms with Crippen molar-refractivity contribution in [1.29, 1.82) is 0 Å². The maximum absolute atomic E-state index is 15.6. The molecule has 2 aliphatic rings. The highest BCUT2D eigenvalue weighted by Gasteiger charge is 2.56. The van der Waals surface area contributed by atoms with Crippen molar-refractivity contribution in [1.82, 2.24) is 14.8 Å². The first-order chi connectivity index (χ1) is 14.9. The third kappa shape index (κ3) is 4.19. The highest BCUT2D eigenvalue weighted by Crippen LogP contribution is 2.41. The van der Waals surface area contributed by atoms with Crippen LogP contribution < -0.4 is 0 Å². The molecule has 1 aromatic carbocycles. The zero-order chi connectivity index (χ0) is 23.4. The number of rotatable bonds is 3. The van der Waals surface area contributed by atoms with Gasteiger partial charge >= 0.3 is 6.09 Å². The van der Waals surface area contributed by atoms with E-state index in [1.165, 1.54) is 4.90 Å². The van der Waals surface area contributed by atoms with E-state index in [0.717, 1.165) is 22.2 Å². The molecule has 2 aromatic rings. The minimum absolute atomic E-state index is 0.249. The number of likely N-dealkylation sites (tertiary alicyclic amines) is 1. The van der Waals surface area contributed by atoms with Crippen LogP contribution in [0.3, 0.4) is 0 Å². The quantitative estimate of drug-likeness (QED) is 0.675. The van der Waals surface area contributed by atoms with Gasteiger partial charge in [-0.25, -0.2) is 9.18 Å². The van der Waals surface area contributed by atoms with Gasteiger partial charge in [-0.15, -0.1) is 0 Å². The molecule has 3 heterocycles. The van der Waals surface area contributed by atoms with Gasteiger partial charge in [-0.2, -0.15) is 0 Å². The smallest absolute Gasteiger partial charge is 0.410 e. The Balaban J connectivity index is 1.57. The van der Waals surface area contributed by atoms with Crippen LogP contribution in [0.5, 0.6) is 0 Å². The predicted molar refractivity (Wildman–Crippen MR) is 123 cm³/mol. The van der Waals surface area contributed by atoms with E-state index in [1.807, 2.05) is 18.2 Å². The summed E-state index contributed by atoms with van der Waals surface area (Å²) in [5, 5.41) is 1.72. The molecule has 0 saturated carbocycles. The molecule has 0 spiro atoms. The lowest BCUT2D eigenvalue weighted by Gasteiger charge is -2.47. The van der Waals surface area contributed by atoms with Crippen molar-refractivity contribution in [3.63, 3.8) is 0 Å². The minimum Gasteiger partial charge on any atom is -0.444 e. The van der Waals surface area contributed by atoms with Gasteiger partial charge in [0.2, 0.25) is 5.67 Å². The molecule has 1 aromatic heterocycles. The molecule has 6 nitrogen and oxygen atoms in total. The highest BCUT2D eigenvalue weighted by molar-refractivity contribution is 6.31. The van der Waals surface area contributed by atoms with E-state index < -0.39 is 23.3 Å². The van der Waals surface area contributed by atoms with E-state index in [4.69, 9.17) is 16.3 Å². The van der Waals surface area contributed by atoms with Crippen molar-refractivity contribution < 1.29 is 18.7 Å². The first kappa shape index (κ1) is 22.9. The highest BCUT2D eigenvalue weighted by atomic mass is 35.5. The molecule has 1 atom stereocenters. The van der Waals surface area contributed by atoms with Gasteiger partial charge < -0.3 is 19.5 Å². The minimum atomic E-state index is -2.08. The summed E-state index contributed by atoms with van der Waals surface area (Å²) >= 11 is 6.21. The molecule has 2 aliphatic heterocycles. The van der Waals surface area contributed by atoms with Crippen LogP contribution in [0.4, 0.5) is 9.18 Å². The number of ether oxygens (including phenoxy) is 1. The van der Waals surface area contributed by atoms with Crippen LogP contribution in [0.1, 0.15) is 58.3 Å². The number of H-pyrrole nitrogens is 1. The average Bonchev–Trinajstić information content (AvgIpc) is 3.01. The summed E-state index contributed by atoms with van der Waals surface area (Å²) in [6.45, 7) is 9.34. The molecule has 0 radical (unpaired) electrons. The van der Waals surface area contributed by atoms with Crippen molar-refractivity contribution in [3.05, 3.63) is 34.5 Å². The fourth-order valence-electron chi connectivity index (χ4n) is 4.68. The summed E-state index contributed by atoms with van der Waals surface area (Å²) in [6.07, 6.45) is 0.748. The summed E-state index contributed by atoms with van der Waals surface area (Å²) in [7, 11) is 0. The monoisotopic (exact) mass is 463 g/mol. The molecule has 32 heavy (non-hydrogen) atoms. The van der Waals surface area contributed by atoms with Crippen LogP contribution in [0.15, 0.2) is 18.2 Å². The number of fused-ring (bicyclic) bond motifs is 3. The number of carbonyl (C=O) groups is 2. The maximum atomic E-state index is 15.6. The number of aromatic amines is 1. The number of amides is 2. The van der Waals surface area contributed by atoms with E-state index in [0.29, 0.717) is 30.3 Å². The lowest BCUT2D eigenvalue weighted by molar-refractivity contribution is -0.159. The van der Waals surface area contributed by atoms with Crippen LogP contribution in [0, 0.1) is 5.92 Å². The molecule has 174 valence electrons. The van der Waals surface area contributed by atoms with Crippen molar-refractivity contribution >= 4 is 34.5 Å². The first-order valence-electron chi connectivity index (χ1n) is 11.2. The third-order valence-corrected chi connectivity index (χ3v) is 6.32. The Labute approximate surface area is 193 Å². The van der Waals surface area contributed by atoms with Crippen LogP contribution in [0.2, 0.25) is 5.02 Å². The zero-order valence-electron chi connectivity index (χ0n) is 19.3. The number of halogens is 2. The lowest BCUT2D eigenvalue weighted by Crippen LogP contribution is -2.68. The molecule has 1 fully saturated rings. The molecule has 2 amide bonds. The van der Waals surface area contributed by atoms with Crippen molar-refractivity contribution in [2.75, 3.05) is 19.6 Å². The Hall–Kier alpha value is -2.28. The van der Waals surface area contributed by atoms with Crippen molar-refractivity contribution in [2.24, 2.45) is 5.92 Å². The van der Waals surface area contributed by atoms with E-state index in [1.54, 1.807) is 25.7 Å². The maximum Gasteiger partial charge on any atom is 0.410 e. The SMILES string of the molecule is CC(C)CC1c2[nH]c3ccc(Cl)cc3c2CCN1C(=O)C1(F)CN(C(=O)OC(C)(C)C)C1. The number of carbonyl (C=O) groups excluding carboxylic acids is 2. The second-order valence-corrected chi connectivity index (χ2v) is 10.8. The molecule has 1 unspecified atom stereocenters. The van der Waals surface area contributed by atoms with E-state index >= 15 is 4.39 Å². The van der Waals surface area contributed by atoms with Gasteiger partial charge in [-0.3, -0.25) is 4.79 Å². The largest absolute Gasteiger partial charge is 0.444 e. The average molecular weight is 464 g/mol. The Kier molecular flexibility index (Phi) is 5.68. The molecule has 0 bridgehead atoms. The van der Waals surface area contributed by atoms with E-state index in [-0.39, 0.29) is 19.1 Å². The van der Waals surface area contributed by atoms with Crippen LogP contribution >= 0.6 is 11.6 Å². The predicted octanol–water partition coefficient (Wildman–Crippen LogP) is 5.25. The van der Waals surface area contributed by atoms with Crippen molar-refractivity contribution in [2.45, 2.75) is 64.8 Å². The number of nitrogens with one attached hydrogen (secondary N) is 1. The number of nitrogens with zero attached hydrogens (tertiary/aromatic N) is 2. The second kappa shape index (κ2) is 7.94. The molecule has 0 aliphatic carbocycles. The van der Waals surface area contributed by atoms with Gasteiger partial charge in [-0.1, -0.05) is 25.4 Å². The van der Waals surface area contributed by atoms with Gasteiger partial charge in [0.15, 0.2) is 0 Å². The van der Waals surface area contributed by atoms with Gasteiger partial charge in [0.05, 0.1) is 19.1 Å². The third-order valence-electron chi connectivity index (χ3n) is 6.09. The van der Waals surface area contributed by atoms with E-state index in [2.05, 4.69) is 18.8 Å². The Morgan fingerprint density at radius 2 is 2.00 bits per heavy atom. The summed E-state index contributed by atoms with van der Waals surface area (Å²) in [6, 6.07) is 5.47. The van der Waals surface area contributed by atoms with Crippen LogP contribution in [-0.4, -0.2) is 57.7 Å². The number of benzene rings is 1. The van der Waals surface area contributed by atoms with E-state index in [9.17, 15) is 9.59 Å². The topological polar surface area (TPSA) is 65.6 Å². The normalized spacial score (nSPS) is 20.3. The molecule has 1 saturated heterocycles. The first-order valence-corrected chi connectivity index (χ1v) is 11.5. The van der Waals surface area contributed by atoms with Gasteiger partial charge in [0.1, 0.15) is 5.60 Å². The zero-order valence-corrected chi connectivity index (χ0v) is 20.1. The molecule has 1 N–H and O–H groups in total. The Morgan fingerprint density at radius 1 is 1.31 bits per heavy atom. The number of hydrogen-bond acceptors (Lipinski definition) is 3. The summed E-state index contributed by atoms with van der Waals surface area (Å²) in [5.41, 5.74) is 0.326. The fourth-order valence-corrected chi connectivity index (χ4v) is 4.85. The van der Waals surface area contributed by atoms with Crippen LogP contribution in [0.25, 0.3) is 10.9 Å². The Morgan fingerprint density at radius 3 is 2.62 bits per heavy atom. The Bertz CT molecular complexity index is 1050. The fraction of sp³-hybridized carbons (Fsp3) is 0.583. The van der Waals surface area contributed by atoms with Crippen molar-refractivity contribution in [3.8, 4) is 0 Å². The summed E-state index contributed by atoms with van der Waals surface area (Å²) in [5.74, 6) is -0.239. The molecular formula is C24H31ClFN3O3. The van der Waals surface area contributed by atoms with Crippen LogP contribution in [-0.2, 0) is 16.0 Å². The molecule has 4 rings (SSSR count). The molecule has 8 heteroatoms. The summed E-state index contributed by atoms with van der Waals surface area (Å²) < 4.78 is 20.9. The van der Waals surface area contributed by atoms with Gasteiger partial charge in [0.25, 0.3) is 5.91 Å².